The fraction of sp³-hybridized carbons (Fsp3) is 0.571. The molecule has 3 nitrogen and oxygen atoms in total. The van der Waals surface area contributed by atoms with Crippen LogP contribution in [0.15, 0.2) is 30.3 Å². The fourth-order valence-electron chi connectivity index (χ4n) is 1.58. The first-order valence-corrected chi connectivity index (χ1v) is 6.46. The van der Waals surface area contributed by atoms with Gasteiger partial charge in [-0.1, -0.05) is 30.3 Å². The van der Waals surface area contributed by atoms with Gasteiger partial charge in [-0.15, -0.1) is 0 Å². The minimum absolute atomic E-state index is 0.716. The third-order valence-corrected chi connectivity index (χ3v) is 2.56. The second-order valence-corrected chi connectivity index (χ2v) is 4.14. The van der Waals surface area contributed by atoms with Gasteiger partial charge >= 0.3 is 0 Å². The lowest BCUT2D eigenvalue weighted by molar-refractivity contribution is 0.118. The number of ether oxygens (including phenoxy) is 1. The molecule has 0 saturated carbocycles. The molecule has 3 N–H and O–H groups in total. The first-order valence-electron chi connectivity index (χ1n) is 6.46. The van der Waals surface area contributed by atoms with Crippen molar-refractivity contribution in [2.45, 2.75) is 25.9 Å². The molecule has 0 aliphatic carbocycles. The molecule has 0 unspecified atom stereocenters. The van der Waals surface area contributed by atoms with Crippen LogP contribution in [0.2, 0.25) is 0 Å². The van der Waals surface area contributed by atoms with Crippen molar-refractivity contribution in [3.05, 3.63) is 35.9 Å². The average Bonchev–Trinajstić information content (AvgIpc) is 2.38. The Bertz CT molecular complexity index is 264. The molecule has 0 amide bonds. The molecule has 0 atom stereocenters. The van der Waals surface area contributed by atoms with E-state index in [0.29, 0.717) is 6.61 Å². The van der Waals surface area contributed by atoms with Crippen LogP contribution in [0.3, 0.4) is 0 Å². The highest BCUT2D eigenvalue weighted by molar-refractivity contribution is 5.13. The summed E-state index contributed by atoms with van der Waals surface area (Å²) in [7, 11) is 0. The summed E-state index contributed by atoms with van der Waals surface area (Å²) >= 11 is 0. The molecule has 0 spiro atoms. The van der Waals surface area contributed by atoms with Gasteiger partial charge in [-0.25, -0.2) is 0 Å². The lowest BCUT2D eigenvalue weighted by Crippen LogP contribution is -2.18. The van der Waals surface area contributed by atoms with Crippen molar-refractivity contribution in [3.63, 3.8) is 0 Å². The maximum absolute atomic E-state index is 5.59. The largest absolute Gasteiger partial charge is 0.377 e. The average molecular weight is 236 g/mol. The lowest BCUT2D eigenvalue weighted by Gasteiger charge is -2.05. The lowest BCUT2D eigenvalue weighted by atomic mass is 10.2. The van der Waals surface area contributed by atoms with Gasteiger partial charge in [-0.3, -0.25) is 0 Å². The van der Waals surface area contributed by atoms with E-state index < -0.39 is 0 Å². The van der Waals surface area contributed by atoms with E-state index in [-0.39, 0.29) is 0 Å². The summed E-state index contributed by atoms with van der Waals surface area (Å²) in [5.74, 6) is 0. The van der Waals surface area contributed by atoms with Crippen molar-refractivity contribution in [2.75, 3.05) is 26.2 Å². The second-order valence-electron chi connectivity index (χ2n) is 4.14. The molecule has 0 aliphatic heterocycles. The van der Waals surface area contributed by atoms with Crippen molar-refractivity contribution >= 4 is 0 Å². The summed E-state index contributed by atoms with van der Waals surface area (Å²) in [5.41, 5.74) is 6.66. The quantitative estimate of drug-likeness (QED) is 0.610. The van der Waals surface area contributed by atoms with Gasteiger partial charge in [0.25, 0.3) is 0 Å². The molecule has 17 heavy (non-hydrogen) atoms. The number of hydrogen-bond donors (Lipinski definition) is 2. The first kappa shape index (κ1) is 14.2. The number of hydrogen-bond acceptors (Lipinski definition) is 3. The van der Waals surface area contributed by atoms with Gasteiger partial charge in [0.05, 0.1) is 6.61 Å². The Hall–Kier alpha value is -0.900. The number of unbranched alkanes of at least 4 members (excludes halogenated alkanes) is 1. The fourth-order valence-corrected chi connectivity index (χ4v) is 1.58. The van der Waals surface area contributed by atoms with Crippen LogP contribution in [0, 0.1) is 0 Å². The Morgan fingerprint density at radius 1 is 1.00 bits per heavy atom. The molecule has 96 valence electrons. The maximum atomic E-state index is 5.59. The van der Waals surface area contributed by atoms with Crippen LogP contribution in [0.1, 0.15) is 24.8 Å². The first-order chi connectivity index (χ1) is 8.43. The van der Waals surface area contributed by atoms with Crippen LogP contribution in [0.5, 0.6) is 0 Å². The Morgan fingerprint density at radius 3 is 2.53 bits per heavy atom. The topological polar surface area (TPSA) is 47.3 Å². The van der Waals surface area contributed by atoms with Crippen LogP contribution in [0.4, 0.5) is 0 Å². The molecule has 0 aromatic heterocycles. The van der Waals surface area contributed by atoms with E-state index in [0.717, 1.165) is 39.1 Å². The van der Waals surface area contributed by atoms with E-state index in [2.05, 4.69) is 17.4 Å². The van der Waals surface area contributed by atoms with E-state index >= 15 is 0 Å². The molecule has 1 aromatic rings. The zero-order valence-electron chi connectivity index (χ0n) is 10.5. The van der Waals surface area contributed by atoms with Crippen molar-refractivity contribution < 1.29 is 4.74 Å². The van der Waals surface area contributed by atoms with E-state index in [4.69, 9.17) is 10.5 Å². The smallest absolute Gasteiger partial charge is 0.0716 e. The molecule has 0 aliphatic rings. The molecule has 0 bridgehead atoms. The number of benzene rings is 1. The summed E-state index contributed by atoms with van der Waals surface area (Å²) < 4.78 is 5.59. The molecule has 0 saturated heterocycles. The van der Waals surface area contributed by atoms with Gasteiger partial charge in [-0.05, 0) is 44.5 Å². The molecule has 1 aromatic carbocycles. The zero-order chi connectivity index (χ0) is 12.2. The van der Waals surface area contributed by atoms with Crippen LogP contribution < -0.4 is 11.1 Å². The predicted molar refractivity (Wildman–Crippen MR) is 71.9 cm³/mol. The number of nitrogens with one attached hydrogen (secondary N) is 1. The monoisotopic (exact) mass is 236 g/mol. The maximum Gasteiger partial charge on any atom is 0.0716 e. The molecule has 3 heteroatoms. The molecule has 1 rings (SSSR count). The summed E-state index contributed by atoms with van der Waals surface area (Å²) in [4.78, 5) is 0. The van der Waals surface area contributed by atoms with Gasteiger partial charge in [0.15, 0.2) is 0 Å². The Morgan fingerprint density at radius 2 is 1.76 bits per heavy atom. The summed E-state index contributed by atoms with van der Waals surface area (Å²) in [5, 5.41) is 3.38. The van der Waals surface area contributed by atoms with E-state index in [9.17, 15) is 0 Å². The van der Waals surface area contributed by atoms with E-state index in [1.165, 1.54) is 12.0 Å². The second kappa shape index (κ2) is 10.3. The number of rotatable bonds is 10. The third-order valence-electron chi connectivity index (χ3n) is 2.56. The standard InChI is InChI=1S/C14H24N2O/c15-9-4-5-10-16-11-6-12-17-13-14-7-2-1-3-8-14/h1-3,7-8,16H,4-6,9-13,15H2. The van der Waals surface area contributed by atoms with E-state index in [1.807, 2.05) is 18.2 Å². The Balaban J connectivity index is 1.85. The molecular formula is C14H24N2O. The SMILES string of the molecule is NCCCCNCCCOCc1ccccc1. The van der Waals surface area contributed by atoms with Crippen LogP contribution >= 0.6 is 0 Å². The van der Waals surface area contributed by atoms with Crippen LogP contribution in [-0.4, -0.2) is 26.2 Å². The molecular weight excluding hydrogens is 212 g/mol. The molecule has 0 fully saturated rings. The van der Waals surface area contributed by atoms with Gasteiger partial charge in [0.2, 0.25) is 0 Å². The minimum atomic E-state index is 0.716. The van der Waals surface area contributed by atoms with Gasteiger partial charge in [0.1, 0.15) is 0 Å². The summed E-state index contributed by atoms with van der Waals surface area (Å²) in [6.45, 7) is 4.42. The normalized spacial score (nSPS) is 10.6. The van der Waals surface area contributed by atoms with Crippen molar-refractivity contribution in [1.82, 2.24) is 5.32 Å². The third kappa shape index (κ3) is 7.91. The van der Waals surface area contributed by atoms with Crippen molar-refractivity contribution in [3.8, 4) is 0 Å². The highest BCUT2D eigenvalue weighted by Crippen LogP contribution is 2.00. The van der Waals surface area contributed by atoms with Crippen LogP contribution in [0.25, 0.3) is 0 Å². The van der Waals surface area contributed by atoms with Crippen LogP contribution in [-0.2, 0) is 11.3 Å². The van der Waals surface area contributed by atoms with Gasteiger partial charge < -0.3 is 15.8 Å². The minimum Gasteiger partial charge on any atom is -0.377 e. The van der Waals surface area contributed by atoms with E-state index in [1.54, 1.807) is 0 Å². The molecule has 0 radical (unpaired) electrons. The zero-order valence-corrected chi connectivity index (χ0v) is 10.5. The summed E-state index contributed by atoms with van der Waals surface area (Å²) in [6.07, 6.45) is 3.34. The highest BCUT2D eigenvalue weighted by Gasteiger charge is 1.92. The molecule has 0 heterocycles. The summed E-state index contributed by atoms with van der Waals surface area (Å²) in [6, 6.07) is 10.3. The van der Waals surface area contributed by atoms with Crippen molar-refractivity contribution in [1.29, 1.82) is 0 Å². The Kier molecular flexibility index (Phi) is 8.55. The predicted octanol–water partition coefficient (Wildman–Crippen LogP) is 1.92. The van der Waals surface area contributed by atoms with Gasteiger partial charge in [-0.2, -0.15) is 0 Å². The Labute approximate surface area is 104 Å². The van der Waals surface area contributed by atoms with Crippen molar-refractivity contribution in [2.24, 2.45) is 5.73 Å². The highest BCUT2D eigenvalue weighted by atomic mass is 16.5. The van der Waals surface area contributed by atoms with Gasteiger partial charge in [0, 0.05) is 6.61 Å². The number of nitrogens with two attached hydrogens (primary N) is 1.